The summed E-state index contributed by atoms with van der Waals surface area (Å²) in [6, 6.07) is 5.12. The third-order valence-corrected chi connectivity index (χ3v) is 2.92. The Kier molecular flexibility index (Phi) is 6.74. The maximum Gasteiger partial charge on any atom is 0.262 e. The predicted molar refractivity (Wildman–Crippen MR) is 86.0 cm³/mol. The van der Waals surface area contributed by atoms with E-state index in [0.717, 1.165) is 0 Å². The van der Waals surface area contributed by atoms with Crippen molar-refractivity contribution in [1.29, 1.82) is 5.26 Å². The number of nitriles is 1. The Morgan fingerprint density at radius 1 is 1.50 bits per heavy atom. The van der Waals surface area contributed by atoms with Crippen LogP contribution >= 0.6 is 11.6 Å². The van der Waals surface area contributed by atoms with Crippen LogP contribution in [-0.4, -0.2) is 25.7 Å². The molecular formula is C16H19ClN2O3. The Morgan fingerprint density at radius 3 is 2.68 bits per heavy atom. The molecule has 0 radical (unpaired) electrons. The van der Waals surface area contributed by atoms with Gasteiger partial charge in [-0.1, -0.05) is 11.6 Å². The van der Waals surface area contributed by atoms with Gasteiger partial charge in [0, 0.05) is 6.04 Å². The van der Waals surface area contributed by atoms with Gasteiger partial charge in [-0.15, -0.1) is 0 Å². The Balaban J connectivity index is 3.21. The van der Waals surface area contributed by atoms with Crippen molar-refractivity contribution < 1.29 is 14.3 Å². The fraction of sp³-hybridized carbons (Fsp3) is 0.375. The Hall–Kier alpha value is -2.19. The first-order valence-corrected chi connectivity index (χ1v) is 7.23. The first-order chi connectivity index (χ1) is 10.4. The number of nitrogens with zero attached hydrogens (tertiary/aromatic N) is 1. The fourth-order valence-electron chi connectivity index (χ4n) is 1.76. The maximum atomic E-state index is 11.9. The fourth-order valence-corrected chi connectivity index (χ4v) is 2.04. The van der Waals surface area contributed by atoms with Crippen molar-refractivity contribution in [1.82, 2.24) is 5.32 Å². The highest BCUT2D eigenvalue weighted by Gasteiger charge is 2.14. The molecule has 22 heavy (non-hydrogen) atoms. The number of nitrogens with one attached hydrogen (secondary N) is 1. The molecule has 0 saturated carbocycles. The lowest BCUT2D eigenvalue weighted by molar-refractivity contribution is -0.117. The van der Waals surface area contributed by atoms with Gasteiger partial charge in [0.2, 0.25) is 0 Å². The highest BCUT2D eigenvalue weighted by Crippen LogP contribution is 2.36. The smallest absolute Gasteiger partial charge is 0.262 e. The van der Waals surface area contributed by atoms with Crippen LogP contribution < -0.4 is 14.8 Å². The van der Waals surface area contributed by atoms with Gasteiger partial charge in [0.15, 0.2) is 11.5 Å². The molecule has 6 heteroatoms. The lowest BCUT2D eigenvalue weighted by Crippen LogP contribution is -2.30. The molecule has 0 fully saturated rings. The van der Waals surface area contributed by atoms with Crippen molar-refractivity contribution in [3.8, 4) is 17.6 Å². The molecule has 0 heterocycles. The van der Waals surface area contributed by atoms with Crippen molar-refractivity contribution in [3.05, 3.63) is 28.3 Å². The summed E-state index contributed by atoms with van der Waals surface area (Å²) in [7, 11) is 1.50. The number of carbonyl (C=O) groups excluding carboxylic acids is 1. The lowest BCUT2D eigenvalue weighted by atomic mass is 10.1. The molecule has 118 valence electrons. The highest BCUT2D eigenvalue weighted by molar-refractivity contribution is 6.32. The molecule has 5 nitrogen and oxygen atoms in total. The van der Waals surface area contributed by atoms with E-state index in [-0.39, 0.29) is 11.6 Å². The summed E-state index contributed by atoms with van der Waals surface area (Å²) >= 11 is 6.16. The average molecular weight is 323 g/mol. The summed E-state index contributed by atoms with van der Waals surface area (Å²) in [4.78, 5) is 11.9. The second-order valence-electron chi connectivity index (χ2n) is 4.77. The van der Waals surface area contributed by atoms with E-state index in [9.17, 15) is 4.79 Å². The quantitative estimate of drug-likeness (QED) is 0.645. The van der Waals surface area contributed by atoms with Gasteiger partial charge in [-0.3, -0.25) is 4.79 Å². The van der Waals surface area contributed by atoms with Crippen molar-refractivity contribution in [3.63, 3.8) is 0 Å². The number of methoxy groups -OCH3 is 1. The number of amides is 1. The number of ether oxygens (including phenoxy) is 2. The normalized spacial score (nSPS) is 11.0. The molecule has 0 atom stereocenters. The minimum atomic E-state index is -0.429. The average Bonchev–Trinajstić information content (AvgIpc) is 2.46. The zero-order valence-corrected chi connectivity index (χ0v) is 13.8. The third kappa shape index (κ3) is 4.68. The van der Waals surface area contributed by atoms with E-state index in [1.54, 1.807) is 12.1 Å². The molecule has 0 saturated heterocycles. The van der Waals surface area contributed by atoms with Gasteiger partial charge in [-0.05, 0) is 44.5 Å². The molecule has 1 amide bonds. The van der Waals surface area contributed by atoms with Crippen LogP contribution in [0.1, 0.15) is 26.3 Å². The molecule has 0 unspecified atom stereocenters. The molecule has 0 aliphatic heterocycles. The second kappa shape index (κ2) is 8.30. The largest absolute Gasteiger partial charge is 0.493 e. The van der Waals surface area contributed by atoms with Crippen LogP contribution in [0.5, 0.6) is 11.5 Å². The number of carbonyl (C=O) groups is 1. The Labute approximate surface area is 135 Å². The standard InChI is InChI=1S/C16H19ClN2O3/c1-5-22-15-13(17)7-11(8-14(15)21-4)6-12(9-18)16(20)19-10(2)3/h6-8,10H,5H2,1-4H3,(H,19,20)/b12-6-. The summed E-state index contributed by atoms with van der Waals surface area (Å²) in [5.41, 5.74) is 0.580. The zero-order chi connectivity index (χ0) is 16.7. The Bertz CT molecular complexity index is 619. The second-order valence-corrected chi connectivity index (χ2v) is 5.17. The number of halogens is 1. The molecule has 0 bridgehead atoms. The zero-order valence-electron chi connectivity index (χ0n) is 13.1. The van der Waals surface area contributed by atoms with Gasteiger partial charge in [0.25, 0.3) is 5.91 Å². The number of benzene rings is 1. The summed E-state index contributed by atoms with van der Waals surface area (Å²) in [6.45, 7) is 5.94. The van der Waals surface area contributed by atoms with Gasteiger partial charge < -0.3 is 14.8 Å². The number of rotatable bonds is 6. The maximum absolute atomic E-state index is 11.9. The SMILES string of the molecule is CCOc1c(Cl)cc(/C=C(/C#N)C(=O)NC(C)C)cc1OC. The van der Waals surface area contributed by atoms with Gasteiger partial charge >= 0.3 is 0 Å². The lowest BCUT2D eigenvalue weighted by Gasteiger charge is -2.12. The molecule has 0 aliphatic carbocycles. The van der Waals surface area contributed by atoms with Crippen molar-refractivity contribution in [2.45, 2.75) is 26.8 Å². The van der Waals surface area contributed by atoms with E-state index in [2.05, 4.69) is 5.32 Å². The van der Waals surface area contributed by atoms with Crippen LogP contribution in [0.25, 0.3) is 6.08 Å². The minimum Gasteiger partial charge on any atom is -0.493 e. The predicted octanol–water partition coefficient (Wildman–Crippen LogP) is 3.18. The van der Waals surface area contributed by atoms with Gasteiger partial charge in [0.1, 0.15) is 11.6 Å². The van der Waals surface area contributed by atoms with E-state index in [1.807, 2.05) is 26.8 Å². The van der Waals surface area contributed by atoms with Gasteiger partial charge in [-0.25, -0.2) is 0 Å². The van der Waals surface area contributed by atoms with Crippen LogP contribution in [0.15, 0.2) is 17.7 Å². The first kappa shape index (κ1) is 17.9. The van der Waals surface area contributed by atoms with Crippen molar-refractivity contribution in [2.75, 3.05) is 13.7 Å². The van der Waals surface area contributed by atoms with Gasteiger partial charge in [-0.2, -0.15) is 5.26 Å². The van der Waals surface area contributed by atoms with Crippen LogP contribution in [-0.2, 0) is 4.79 Å². The van der Waals surface area contributed by atoms with E-state index < -0.39 is 5.91 Å². The number of hydrogen-bond donors (Lipinski definition) is 1. The summed E-state index contributed by atoms with van der Waals surface area (Å²) in [5.74, 6) is 0.456. The molecule has 0 spiro atoms. The molecule has 1 aromatic rings. The first-order valence-electron chi connectivity index (χ1n) is 6.85. The van der Waals surface area contributed by atoms with Crippen LogP contribution in [0.4, 0.5) is 0 Å². The Morgan fingerprint density at radius 2 is 2.18 bits per heavy atom. The van der Waals surface area contributed by atoms with Crippen molar-refractivity contribution >= 4 is 23.6 Å². The van der Waals surface area contributed by atoms with Crippen LogP contribution in [0.2, 0.25) is 5.02 Å². The topological polar surface area (TPSA) is 71.3 Å². The number of hydrogen-bond acceptors (Lipinski definition) is 4. The van der Waals surface area contributed by atoms with E-state index in [1.165, 1.54) is 13.2 Å². The van der Waals surface area contributed by atoms with Crippen LogP contribution in [0, 0.1) is 11.3 Å². The third-order valence-electron chi connectivity index (χ3n) is 2.64. The monoisotopic (exact) mass is 322 g/mol. The molecule has 0 aliphatic rings. The molecule has 1 rings (SSSR count). The molecule has 0 aromatic heterocycles. The van der Waals surface area contributed by atoms with Crippen molar-refractivity contribution in [2.24, 2.45) is 0 Å². The summed E-state index contributed by atoms with van der Waals surface area (Å²) in [5, 5.41) is 12.2. The minimum absolute atomic E-state index is 0.00372. The summed E-state index contributed by atoms with van der Waals surface area (Å²) < 4.78 is 10.7. The highest BCUT2D eigenvalue weighted by atomic mass is 35.5. The van der Waals surface area contributed by atoms with Gasteiger partial charge in [0.05, 0.1) is 18.7 Å². The summed E-state index contributed by atoms with van der Waals surface area (Å²) in [6.07, 6.45) is 1.46. The van der Waals surface area contributed by atoms with E-state index in [0.29, 0.717) is 28.7 Å². The molecule has 1 aromatic carbocycles. The van der Waals surface area contributed by atoms with E-state index in [4.69, 9.17) is 26.3 Å². The molecule has 1 N–H and O–H groups in total. The van der Waals surface area contributed by atoms with E-state index >= 15 is 0 Å². The van der Waals surface area contributed by atoms with Crippen LogP contribution in [0.3, 0.4) is 0 Å². The molecular weight excluding hydrogens is 304 g/mol.